The topological polar surface area (TPSA) is 109 Å². The number of nitrogens with zero attached hydrogens (tertiary/aromatic N) is 3. The van der Waals surface area contributed by atoms with E-state index in [0.29, 0.717) is 15.2 Å². The van der Waals surface area contributed by atoms with Crippen molar-refractivity contribution in [3.05, 3.63) is 55.5 Å². The van der Waals surface area contributed by atoms with E-state index in [1.54, 1.807) is 17.5 Å². The normalized spacial score (nSPS) is 10.8. The van der Waals surface area contributed by atoms with E-state index in [2.05, 4.69) is 26.2 Å². The van der Waals surface area contributed by atoms with Gasteiger partial charge in [0, 0.05) is 17.6 Å². The van der Waals surface area contributed by atoms with E-state index in [4.69, 9.17) is 5.26 Å². The molecule has 7 nitrogen and oxygen atoms in total. The molecule has 0 saturated carbocycles. The van der Waals surface area contributed by atoms with Crippen molar-refractivity contribution in [2.45, 2.75) is 0 Å². The van der Waals surface area contributed by atoms with Crippen LogP contribution < -0.4 is 5.32 Å². The fourth-order valence-electron chi connectivity index (χ4n) is 1.52. The predicted molar refractivity (Wildman–Crippen MR) is 85.1 cm³/mol. The molecule has 0 saturated heterocycles. The lowest BCUT2D eigenvalue weighted by Gasteiger charge is -2.01. The van der Waals surface area contributed by atoms with Gasteiger partial charge in [0.25, 0.3) is 11.6 Å². The first-order valence-electron chi connectivity index (χ1n) is 5.78. The third-order valence-corrected chi connectivity index (χ3v) is 3.85. The molecular formula is C13H7BrN4O3S. The molecule has 1 amide bonds. The van der Waals surface area contributed by atoms with Crippen LogP contribution in [0.15, 0.2) is 39.8 Å². The van der Waals surface area contributed by atoms with Crippen LogP contribution in [-0.4, -0.2) is 15.8 Å². The third kappa shape index (κ3) is 3.75. The van der Waals surface area contributed by atoms with Crippen LogP contribution >= 0.6 is 27.3 Å². The van der Waals surface area contributed by atoms with E-state index in [9.17, 15) is 14.9 Å². The molecule has 1 heterocycles. The maximum Gasteiger partial charge on any atom is 0.284 e. The maximum absolute atomic E-state index is 12.0. The first-order chi connectivity index (χ1) is 10.5. The summed E-state index contributed by atoms with van der Waals surface area (Å²) in [5.41, 5.74) is 0.0546. The monoisotopic (exact) mass is 378 g/mol. The molecule has 110 valence electrons. The average molecular weight is 379 g/mol. The Morgan fingerprint density at radius 1 is 1.55 bits per heavy atom. The number of carbonyl (C=O) groups excluding carboxylic acids is 1. The standard InChI is InChI=1S/C13H7BrN4O3S/c14-10-2-1-8(6-11(10)18(20)21)5-9(7-15)12(19)17-13-16-3-4-22-13/h1-6H,(H,16,17,19)/b9-5+. The van der Waals surface area contributed by atoms with Crippen molar-refractivity contribution >= 4 is 50.1 Å². The lowest BCUT2D eigenvalue weighted by Crippen LogP contribution is -2.13. The number of halogens is 1. The molecule has 0 aliphatic rings. The Morgan fingerprint density at radius 2 is 2.32 bits per heavy atom. The van der Waals surface area contributed by atoms with Crippen molar-refractivity contribution in [2.75, 3.05) is 5.32 Å². The number of aromatic nitrogens is 1. The van der Waals surface area contributed by atoms with Crippen LogP contribution in [0.1, 0.15) is 5.56 Å². The summed E-state index contributed by atoms with van der Waals surface area (Å²) in [6.45, 7) is 0. The van der Waals surface area contributed by atoms with Gasteiger partial charge >= 0.3 is 0 Å². The van der Waals surface area contributed by atoms with Crippen LogP contribution in [0.5, 0.6) is 0 Å². The summed E-state index contributed by atoms with van der Waals surface area (Å²) in [5.74, 6) is -0.622. The number of carbonyl (C=O) groups is 1. The summed E-state index contributed by atoms with van der Waals surface area (Å²) in [4.78, 5) is 26.2. The molecule has 0 aliphatic carbocycles. The molecule has 2 rings (SSSR count). The molecule has 0 fully saturated rings. The number of nitriles is 1. The van der Waals surface area contributed by atoms with Gasteiger partial charge in [-0.05, 0) is 33.6 Å². The molecule has 2 aromatic rings. The second-order valence-corrected chi connectivity index (χ2v) is 5.68. The lowest BCUT2D eigenvalue weighted by atomic mass is 10.1. The van der Waals surface area contributed by atoms with Gasteiger partial charge in [-0.25, -0.2) is 4.98 Å². The molecule has 0 bridgehead atoms. The minimum atomic E-state index is -0.622. The maximum atomic E-state index is 12.0. The Hall–Kier alpha value is -2.57. The number of anilines is 1. The van der Waals surface area contributed by atoms with Crippen LogP contribution in [0.4, 0.5) is 10.8 Å². The zero-order valence-electron chi connectivity index (χ0n) is 10.8. The molecule has 0 spiro atoms. The van der Waals surface area contributed by atoms with Gasteiger partial charge in [-0.1, -0.05) is 6.07 Å². The van der Waals surface area contributed by atoms with Crippen LogP contribution in [0, 0.1) is 21.4 Å². The zero-order chi connectivity index (χ0) is 16.1. The first kappa shape index (κ1) is 15.8. The molecule has 22 heavy (non-hydrogen) atoms. The van der Waals surface area contributed by atoms with E-state index in [1.165, 1.54) is 35.7 Å². The van der Waals surface area contributed by atoms with E-state index < -0.39 is 10.8 Å². The Kier molecular flexibility index (Phi) is 4.98. The fourth-order valence-corrected chi connectivity index (χ4v) is 2.44. The number of rotatable bonds is 4. The second kappa shape index (κ2) is 6.93. The molecule has 9 heteroatoms. The largest absolute Gasteiger partial charge is 0.297 e. The number of amides is 1. The minimum absolute atomic E-state index is 0.147. The Morgan fingerprint density at radius 3 is 2.91 bits per heavy atom. The summed E-state index contributed by atoms with van der Waals surface area (Å²) in [6.07, 6.45) is 2.80. The molecule has 1 N–H and O–H groups in total. The summed E-state index contributed by atoms with van der Waals surface area (Å²) in [7, 11) is 0. The molecule has 0 aliphatic heterocycles. The van der Waals surface area contributed by atoms with Gasteiger partial charge in [0.2, 0.25) is 0 Å². The lowest BCUT2D eigenvalue weighted by molar-refractivity contribution is -0.385. The van der Waals surface area contributed by atoms with Crippen LogP contribution in [0.2, 0.25) is 0 Å². The third-order valence-electron chi connectivity index (χ3n) is 2.50. The number of nitro groups is 1. The van der Waals surface area contributed by atoms with E-state index >= 15 is 0 Å². The summed E-state index contributed by atoms with van der Waals surface area (Å²) in [5, 5.41) is 24.5. The van der Waals surface area contributed by atoms with Gasteiger partial charge in [-0.2, -0.15) is 5.26 Å². The quantitative estimate of drug-likeness (QED) is 0.379. The van der Waals surface area contributed by atoms with Crippen molar-refractivity contribution in [2.24, 2.45) is 0 Å². The molecule has 0 radical (unpaired) electrons. The summed E-state index contributed by atoms with van der Waals surface area (Å²) < 4.78 is 0.320. The number of thiazole rings is 1. The molecular weight excluding hydrogens is 372 g/mol. The van der Waals surface area contributed by atoms with Gasteiger partial charge in [0.1, 0.15) is 11.6 Å². The highest BCUT2D eigenvalue weighted by atomic mass is 79.9. The molecule has 0 unspecified atom stereocenters. The highest BCUT2D eigenvalue weighted by Gasteiger charge is 2.14. The SMILES string of the molecule is N#C/C(=C\c1ccc(Br)c([N+](=O)[O-])c1)C(=O)Nc1nccs1. The zero-order valence-corrected chi connectivity index (χ0v) is 13.2. The highest BCUT2D eigenvalue weighted by molar-refractivity contribution is 9.10. The Balaban J connectivity index is 2.29. The van der Waals surface area contributed by atoms with Crippen molar-refractivity contribution in [3.63, 3.8) is 0 Å². The number of benzene rings is 1. The number of hydrogen-bond acceptors (Lipinski definition) is 6. The molecule has 1 aromatic carbocycles. The number of nitro benzene ring substituents is 1. The van der Waals surface area contributed by atoms with Crippen molar-refractivity contribution < 1.29 is 9.72 Å². The van der Waals surface area contributed by atoms with Gasteiger partial charge in [0.15, 0.2) is 5.13 Å². The van der Waals surface area contributed by atoms with Crippen molar-refractivity contribution in [3.8, 4) is 6.07 Å². The van der Waals surface area contributed by atoms with Crippen LogP contribution in [0.3, 0.4) is 0 Å². The van der Waals surface area contributed by atoms with Crippen molar-refractivity contribution in [1.29, 1.82) is 5.26 Å². The predicted octanol–water partition coefficient (Wildman–Crippen LogP) is 3.36. The number of hydrogen-bond donors (Lipinski definition) is 1. The van der Waals surface area contributed by atoms with Crippen LogP contribution in [-0.2, 0) is 4.79 Å². The van der Waals surface area contributed by atoms with E-state index in [-0.39, 0.29) is 11.3 Å². The minimum Gasteiger partial charge on any atom is -0.297 e. The number of nitrogens with one attached hydrogen (secondary N) is 1. The summed E-state index contributed by atoms with van der Waals surface area (Å²) in [6, 6.07) is 6.09. The summed E-state index contributed by atoms with van der Waals surface area (Å²) >= 11 is 4.29. The Bertz CT molecular complexity index is 796. The average Bonchev–Trinajstić information content (AvgIpc) is 2.98. The van der Waals surface area contributed by atoms with E-state index in [1.807, 2.05) is 0 Å². The van der Waals surface area contributed by atoms with Gasteiger partial charge < -0.3 is 0 Å². The second-order valence-electron chi connectivity index (χ2n) is 3.93. The van der Waals surface area contributed by atoms with Crippen molar-refractivity contribution in [1.82, 2.24) is 4.98 Å². The van der Waals surface area contributed by atoms with E-state index in [0.717, 1.165) is 0 Å². The van der Waals surface area contributed by atoms with Gasteiger partial charge in [-0.15, -0.1) is 11.3 Å². The Labute approximate surface area is 137 Å². The first-order valence-corrected chi connectivity index (χ1v) is 7.45. The highest BCUT2D eigenvalue weighted by Crippen LogP contribution is 2.26. The van der Waals surface area contributed by atoms with Crippen LogP contribution in [0.25, 0.3) is 6.08 Å². The molecule has 0 atom stereocenters. The fraction of sp³-hybridized carbons (Fsp3) is 0. The smallest absolute Gasteiger partial charge is 0.284 e. The van der Waals surface area contributed by atoms with Gasteiger partial charge in [-0.3, -0.25) is 20.2 Å². The van der Waals surface area contributed by atoms with Gasteiger partial charge in [0.05, 0.1) is 9.40 Å². The molecule has 1 aromatic heterocycles.